The molecule has 1 saturated heterocycles. The standard InChI is InChI=1S/C18H19FN4/c19-13-5-6-16-17(11-13)21-12-14-15(22-16)3-1-4-18(14)23-9-2-7-20-8-10-23/h1,3-6,11-12,20,22H,2,7-10H2. The Labute approximate surface area is 135 Å². The SMILES string of the molecule is Fc1ccc2c(c1)N=Cc1c(cccc1N1CCCNCC1)N2. The lowest BCUT2D eigenvalue weighted by atomic mass is 10.1. The molecule has 5 heteroatoms. The van der Waals surface area contributed by atoms with E-state index in [-0.39, 0.29) is 5.82 Å². The molecule has 1 fully saturated rings. The molecule has 2 heterocycles. The Kier molecular flexibility index (Phi) is 3.71. The third-order valence-electron chi connectivity index (χ3n) is 4.33. The van der Waals surface area contributed by atoms with Gasteiger partial charge in [-0.2, -0.15) is 0 Å². The molecule has 0 aromatic heterocycles. The van der Waals surface area contributed by atoms with Gasteiger partial charge in [0.15, 0.2) is 0 Å². The fourth-order valence-corrected chi connectivity index (χ4v) is 3.16. The summed E-state index contributed by atoms with van der Waals surface area (Å²) < 4.78 is 13.5. The van der Waals surface area contributed by atoms with Crippen molar-refractivity contribution < 1.29 is 4.39 Å². The highest BCUT2D eigenvalue weighted by Gasteiger charge is 2.17. The van der Waals surface area contributed by atoms with Crippen LogP contribution < -0.4 is 15.5 Å². The highest BCUT2D eigenvalue weighted by molar-refractivity contribution is 6.00. The average molecular weight is 310 g/mol. The minimum atomic E-state index is -0.271. The summed E-state index contributed by atoms with van der Waals surface area (Å²) in [7, 11) is 0. The third-order valence-corrected chi connectivity index (χ3v) is 4.33. The lowest BCUT2D eigenvalue weighted by molar-refractivity contribution is 0.628. The first kappa shape index (κ1) is 14.2. The minimum absolute atomic E-state index is 0.271. The Hall–Kier alpha value is -2.40. The number of hydrogen-bond acceptors (Lipinski definition) is 4. The summed E-state index contributed by atoms with van der Waals surface area (Å²) in [5, 5.41) is 6.82. The second kappa shape index (κ2) is 6.01. The molecular weight excluding hydrogens is 291 g/mol. The van der Waals surface area contributed by atoms with Gasteiger partial charge in [-0.15, -0.1) is 0 Å². The zero-order chi connectivity index (χ0) is 15.6. The average Bonchev–Trinajstić information content (AvgIpc) is 2.93. The van der Waals surface area contributed by atoms with Crippen LogP contribution in [0.1, 0.15) is 12.0 Å². The Balaban J connectivity index is 1.76. The number of benzene rings is 2. The van der Waals surface area contributed by atoms with Crippen LogP contribution in [0.25, 0.3) is 0 Å². The van der Waals surface area contributed by atoms with Gasteiger partial charge >= 0.3 is 0 Å². The molecule has 0 saturated carbocycles. The predicted molar refractivity (Wildman–Crippen MR) is 93.1 cm³/mol. The van der Waals surface area contributed by atoms with Gasteiger partial charge in [-0.05, 0) is 37.2 Å². The van der Waals surface area contributed by atoms with Crippen molar-refractivity contribution in [3.63, 3.8) is 0 Å². The molecule has 4 rings (SSSR count). The van der Waals surface area contributed by atoms with Crippen LogP contribution in [0, 0.1) is 5.82 Å². The molecule has 0 amide bonds. The first-order valence-corrected chi connectivity index (χ1v) is 8.00. The first-order valence-electron chi connectivity index (χ1n) is 8.00. The lowest BCUT2D eigenvalue weighted by Crippen LogP contribution is -2.28. The van der Waals surface area contributed by atoms with Gasteiger partial charge < -0.3 is 15.5 Å². The van der Waals surface area contributed by atoms with Crippen molar-refractivity contribution in [3.8, 4) is 0 Å². The maximum absolute atomic E-state index is 13.5. The Bertz CT molecular complexity index is 749. The van der Waals surface area contributed by atoms with Crippen molar-refractivity contribution in [3.05, 3.63) is 47.8 Å². The molecular formula is C18H19FN4. The van der Waals surface area contributed by atoms with Crippen LogP contribution in [0.5, 0.6) is 0 Å². The zero-order valence-corrected chi connectivity index (χ0v) is 12.8. The van der Waals surface area contributed by atoms with Crippen molar-refractivity contribution in [2.24, 2.45) is 4.99 Å². The van der Waals surface area contributed by atoms with Crippen LogP contribution in [0.4, 0.5) is 27.1 Å². The molecule has 4 nitrogen and oxygen atoms in total. The van der Waals surface area contributed by atoms with E-state index in [4.69, 9.17) is 0 Å². The van der Waals surface area contributed by atoms with Crippen LogP contribution >= 0.6 is 0 Å². The largest absolute Gasteiger partial charge is 0.370 e. The fraction of sp³-hybridized carbons (Fsp3) is 0.278. The molecule has 0 atom stereocenters. The van der Waals surface area contributed by atoms with E-state index in [1.54, 1.807) is 6.07 Å². The zero-order valence-electron chi connectivity index (χ0n) is 12.8. The highest BCUT2D eigenvalue weighted by atomic mass is 19.1. The molecule has 2 aromatic carbocycles. The van der Waals surface area contributed by atoms with Crippen LogP contribution in [-0.2, 0) is 0 Å². The normalized spacial score (nSPS) is 16.8. The van der Waals surface area contributed by atoms with E-state index in [0.29, 0.717) is 5.69 Å². The molecule has 2 aromatic rings. The van der Waals surface area contributed by atoms with E-state index in [1.165, 1.54) is 17.8 Å². The topological polar surface area (TPSA) is 39.7 Å². The van der Waals surface area contributed by atoms with Gasteiger partial charge in [-0.25, -0.2) is 4.39 Å². The highest BCUT2D eigenvalue weighted by Crippen LogP contribution is 2.36. The molecule has 23 heavy (non-hydrogen) atoms. The maximum Gasteiger partial charge on any atom is 0.125 e. The lowest BCUT2D eigenvalue weighted by Gasteiger charge is -2.25. The van der Waals surface area contributed by atoms with Gasteiger partial charge in [0.1, 0.15) is 5.82 Å². The van der Waals surface area contributed by atoms with Crippen LogP contribution in [-0.4, -0.2) is 32.4 Å². The van der Waals surface area contributed by atoms with Gasteiger partial charge in [-0.3, -0.25) is 4.99 Å². The van der Waals surface area contributed by atoms with E-state index < -0.39 is 0 Å². The number of nitrogens with zero attached hydrogens (tertiary/aromatic N) is 2. The number of aliphatic imine (C=N–C) groups is 1. The van der Waals surface area contributed by atoms with Crippen LogP contribution in [0.3, 0.4) is 0 Å². The van der Waals surface area contributed by atoms with Crippen molar-refractivity contribution in [2.75, 3.05) is 36.4 Å². The number of fused-ring (bicyclic) bond motifs is 2. The molecule has 2 aliphatic rings. The number of halogens is 1. The Morgan fingerprint density at radius 2 is 2.00 bits per heavy atom. The third kappa shape index (κ3) is 2.80. The van der Waals surface area contributed by atoms with Crippen LogP contribution in [0.2, 0.25) is 0 Å². The summed E-state index contributed by atoms with van der Waals surface area (Å²) in [4.78, 5) is 6.89. The Morgan fingerprint density at radius 3 is 2.96 bits per heavy atom. The van der Waals surface area contributed by atoms with E-state index in [9.17, 15) is 4.39 Å². The van der Waals surface area contributed by atoms with E-state index >= 15 is 0 Å². The predicted octanol–water partition coefficient (Wildman–Crippen LogP) is 3.43. The van der Waals surface area contributed by atoms with E-state index in [1.807, 2.05) is 12.3 Å². The van der Waals surface area contributed by atoms with Gasteiger partial charge in [0.05, 0.1) is 11.4 Å². The first-order chi connectivity index (χ1) is 11.3. The number of hydrogen-bond donors (Lipinski definition) is 2. The van der Waals surface area contributed by atoms with Gasteiger partial charge in [-0.1, -0.05) is 6.07 Å². The monoisotopic (exact) mass is 310 g/mol. The summed E-state index contributed by atoms with van der Waals surface area (Å²) in [6, 6.07) is 10.9. The number of rotatable bonds is 1. The second-order valence-corrected chi connectivity index (χ2v) is 5.87. The van der Waals surface area contributed by atoms with E-state index in [0.717, 1.165) is 49.5 Å². The molecule has 2 N–H and O–H groups in total. The van der Waals surface area contributed by atoms with Gasteiger partial charge in [0.2, 0.25) is 0 Å². The molecule has 118 valence electrons. The maximum atomic E-state index is 13.5. The van der Waals surface area contributed by atoms with E-state index in [2.05, 4.69) is 32.7 Å². The minimum Gasteiger partial charge on any atom is -0.370 e. The Morgan fingerprint density at radius 1 is 1.04 bits per heavy atom. The fourth-order valence-electron chi connectivity index (χ4n) is 3.16. The summed E-state index contributed by atoms with van der Waals surface area (Å²) >= 11 is 0. The number of anilines is 3. The van der Waals surface area contributed by atoms with Crippen LogP contribution in [0.15, 0.2) is 41.4 Å². The van der Waals surface area contributed by atoms with Crippen molar-refractivity contribution in [1.82, 2.24) is 5.32 Å². The summed E-state index contributed by atoms with van der Waals surface area (Å²) in [5.74, 6) is -0.271. The molecule has 0 unspecified atom stereocenters. The molecule has 0 aliphatic carbocycles. The molecule has 0 spiro atoms. The second-order valence-electron chi connectivity index (χ2n) is 5.87. The van der Waals surface area contributed by atoms with Crippen molar-refractivity contribution in [1.29, 1.82) is 0 Å². The van der Waals surface area contributed by atoms with Gasteiger partial charge in [0, 0.05) is 48.9 Å². The van der Waals surface area contributed by atoms with Gasteiger partial charge in [0.25, 0.3) is 0 Å². The summed E-state index contributed by atoms with van der Waals surface area (Å²) in [6.45, 7) is 4.05. The molecule has 0 radical (unpaired) electrons. The van der Waals surface area contributed by atoms with Crippen molar-refractivity contribution >= 4 is 29.0 Å². The smallest absolute Gasteiger partial charge is 0.125 e. The summed E-state index contributed by atoms with van der Waals surface area (Å²) in [6.07, 6.45) is 2.97. The van der Waals surface area contributed by atoms with Crippen molar-refractivity contribution in [2.45, 2.75) is 6.42 Å². The number of nitrogens with one attached hydrogen (secondary N) is 2. The summed E-state index contributed by atoms with van der Waals surface area (Å²) in [5.41, 5.74) is 4.70. The molecule has 0 bridgehead atoms. The molecule has 2 aliphatic heterocycles. The quantitative estimate of drug-likeness (QED) is 0.723.